The molecule has 1 N–H and O–H groups in total. The lowest BCUT2D eigenvalue weighted by molar-refractivity contribution is -0.116. The Bertz CT molecular complexity index is 1240. The summed E-state index contributed by atoms with van der Waals surface area (Å²) in [7, 11) is 0. The summed E-state index contributed by atoms with van der Waals surface area (Å²) in [5, 5.41) is 17.6. The number of nitriles is 1. The second-order valence-electron chi connectivity index (χ2n) is 6.78. The zero-order chi connectivity index (χ0) is 21.1. The highest BCUT2D eigenvalue weighted by atomic mass is 35.5. The smallest absolute Gasteiger partial charge is 0.165 e. The summed E-state index contributed by atoms with van der Waals surface area (Å²) in [4.78, 5) is 21.8. The van der Waals surface area contributed by atoms with E-state index >= 15 is 0 Å². The lowest BCUT2D eigenvalue weighted by atomic mass is 9.98. The number of nitrogens with one attached hydrogen (secondary N) is 1. The van der Waals surface area contributed by atoms with Gasteiger partial charge in [-0.3, -0.25) is 14.9 Å². The number of nitrogens with zero attached hydrogens (tertiary/aromatic N) is 4. The summed E-state index contributed by atoms with van der Waals surface area (Å²) < 4.78 is 0. The largest absolute Gasteiger partial charge is 0.300 e. The van der Waals surface area contributed by atoms with Gasteiger partial charge in [0.2, 0.25) is 0 Å². The highest BCUT2D eigenvalue weighted by Crippen LogP contribution is 2.42. The monoisotopic (exact) mass is 433 g/mol. The number of ketones is 1. The number of Topliss-reactive ketones (excluding diaryl/α,β-unsaturated/α-hetero) is 1. The highest BCUT2D eigenvalue weighted by molar-refractivity contribution is 7.19. The van der Waals surface area contributed by atoms with Crippen molar-refractivity contribution in [2.24, 2.45) is 0 Å². The summed E-state index contributed by atoms with van der Waals surface area (Å²) in [5.74, 6) is 0.654. The zero-order valence-corrected chi connectivity index (χ0v) is 17.6. The van der Waals surface area contributed by atoms with Gasteiger partial charge in [0.1, 0.15) is 18.2 Å². The van der Waals surface area contributed by atoms with E-state index < -0.39 is 0 Å². The Balaban J connectivity index is 1.85. The molecule has 3 heterocycles. The van der Waals surface area contributed by atoms with Crippen molar-refractivity contribution in [3.63, 3.8) is 0 Å². The van der Waals surface area contributed by atoms with Crippen molar-refractivity contribution in [1.29, 1.82) is 5.26 Å². The standard InChI is InChI=1S/C22H16ClN5OS/c1-13(29)8-17-10-15(6-7-25-17)20-19(11-24)18(9-14-2-4-16(23)5-3-14)21(30-20)22-26-12-27-28-22/h2-7,10,12H,8-9H2,1H3,(H,26,27,28). The van der Waals surface area contributed by atoms with Crippen molar-refractivity contribution in [3.8, 4) is 27.2 Å². The van der Waals surface area contributed by atoms with E-state index in [1.54, 1.807) is 6.20 Å². The maximum absolute atomic E-state index is 11.5. The molecule has 4 rings (SSSR count). The molecule has 3 aromatic heterocycles. The predicted octanol–water partition coefficient (Wildman–Crippen LogP) is 4.84. The van der Waals surface area contributed by atoms with E-state index in [1.807, 2.05) is 36.4 Å². The van der Waals surface area contributed by atoms with Crippen LogP contribution < -0.4 is 0 Å². The van der Waals surface area contributed by atoms with Gasteiger partial charge in [-0.05, 0) is 47.9 Å². The lowest BCUT2D eigenvalue weighted by Crippen LogP contribution is -1.99. The van der Waals surface area contributed by atoms with Crippen LogP contribution in [0.1, 0.15) is 29.3 Å². The number of thiophene rings is 1. The third-order valence-corrected chi connectivity index (χ3v) is 6.09. The number of carbonyl (C=O) groups excluding carboxylic acids is 1. The van der Waals surface area contributed by atoms with Crippen molar-refractivity contribution < 1.29 is 4.79 Å². The minimum absolute atomic E-state index is 0.0390. The van der Waals surface area contributed by atoms with Gasteiger partial charge in [0.05, 0.1) is 15.3 Å². The molecule has 4 aromatic rings. The second kappa shape index (κ2) is 8.57. The molecule has 8 heteroatoms. The van der Waals surface area contributed by atoms with Crippen LogP contribution in [-0.2, 0) is 17.6 Å². The highest BCUT2D eigenvalue weighted by Gasteiger charge is 2.22. The summed E-state index contributed by atoms with van der Waals surface area (Å²) in [5.41, 5.74) is 4.03. The fourth-order valence-electron chi connectivity index (χ4n) is 3.24. The molecule has 0 bridgehead atoms. The van der Waals surface area contributed by atoms with Crippen LogP contribution >= 0.6 is 22.9 Å². The number of benzene rings is 1. The molecule has 0 atom stereocenters. The number of hydrogen-bond donors (Lipinski definition) is 1. The summed E-state index contributed by atoms with van der Waals surface area (Å²) in [6, 6.07) is 13.7. The maximum atomic E-state index is 11.5. The first-order valence-corrected chi connectivity index (χ1v) is 10.3. The van der Waals surface area contributed by atoms with E-state index in [4.69, 9.17) is 11.6 Å². The molecule has 0 saturated carbocycles. The van der Waals surface area contributed by atoms with Gasteiger partial charge in [-0.25, -0.2) is 4.98 Å². The van der Waals surface area contributed by atoms with Gasteiger partial charge in [0.25, 0.3) is 0 Å². The fourth-order valence-corrected chi connectivity index (χ4v) is 4.58. The average Bonchev–Trinajstić information content (AvgIpc) is 3.37. The van der Waals surface area contributed by atoms with Gasteiger partial charge >= 0.3 is 0 Å². The zero-order valence-electron chi connectivity index (χ0n) is 16.0. The molecule has 1 aromatic carbocycles. The van der Waals surface area contributed by atoms with Crippen LogP contribution in [0.25, 0.3) is 21.1 Å². The summed E-state index contributed by atoms with van der Waals surface area (Å²) in [6.45, 7) is 1.53. The molecule has 0 amide bonds. The van der Waals surface area contributed by atoms with Gasteiger partial charge in [0.15, 0.2) is 5.82 Å². The Labute approximate surface area is 182 Å². The number of rotatable bonds is 6. The molecule has 148 valence electrons. The number of carbonyl (C=O) groups is 1. The van der Waals surface area contributed by atoms with Gasteiger partial charge in [-0.15, -0.1) is 11.3 Å². The number of pyridine rings is 1. The normalized spacial score (nSPS) is 10.7. The molecular formula is C22H16ClN5OS. The first kappa shape index (κ1) is 20.0. The molecule has 0 spiro atoms. The maximum Gasteiger partial charge on any atom is 0.165 e. The molecule has 0 aliphatic rings. The van der Waals surface area contributed by atoms with Crippen LogP contribution in [0, 0.1) is 11.3 Å². The van der Waals surface area contributed by atoms with Crippen molar-refractivity contribution in [2.75, 3.05) is 0 Å². The predicted molar refractivity (Wildman–Crippen MR) is 116 cm³/mol. The van der Waals surface area contributed by atoms with Crippen LogP contribution in [-0.4, -0.2) is 25.9 Å². The second-order valence-corrected chi connectivity index (χ2v) is 8.23. The van der Waals surface area contributed by atoms with Crippen LogP contribution in [0.3, 0.4) is 0 Å². The molecule has 0 radical (unpaired) electrons. The quantitative estimate of drug-likeness (QED) is 0.469. The molecule has 0 aliphatic carbocycles. The van der Waals surface area contributed by atoms with Gasteiger partial charge < -0.3 is 0 Å². The van der Waals surface area contributed by atoms with E-state index in [1.165, 1.54) is 24.6 Å². The number of hydrogen-bond acceptors (Lipinski definition) is 6. The van der Waals surface area contributed by atoms with Crippen LogP contribution in [0.5, 0.6) is 0 Å². The van der Waals surface area contributed by atoms with Crippen LogP contribution in [0.4, 0.5) is 0 Å². The summed E-state index contributed by atoms with van der Waals surface area (Å²) >= 11 is 7.49. The first-order valence-electron chi connectivity index (χ1n) is 9.16. The third kappa shape index (κ3) is 4.15. The topological polar surface area (TPSA) is 95.3 Å². The minimum Gasteiger partial charge on any atom is -0.300 e. The first-order chi connectivity index (χ1) is 14.5. The molecule has 0 fully saturated rings. The van der Waals surface area contributed by atoms with Crippen LogP contribution in [0.15, 0.2) is 48.9 Å². The number of aromatic amines is 1. The fraction of sp³-hybridized carbons (Fsp3) is 0.136. The van der Waals surface area contributed by atoms with Crippen molar-refractivity contribution in [1.82, 2.24) is 20.2 Å². The van der Waals surface area contributed by atoms with E-state index in [-0.39, 0.29) is 12.2 Å². The Morgan fingerprint density at radius 1 is 1.20 bits per heavy atom. The Hall–Kier alpha value is -3.34. The molecule has 0 unspecified atom stereocenters. The SMILES string of the molecule is CC(=O)Cc1cc(-c2sc(-c3ncn[nH]3)c(Cc3ccc(Cl)cc3)c2C#N)ccn1. The van der Waals surface area contributed by atoms with Crippen molar-refractivity contribution in [3.05, 3.63) is 76.3 Å². The van der Waals surface area contributed by atoms with E-state index in [9.17, 15) is 10.1 Å². The van der Waals surface area contributed by atoms with E-state index in [0.29, 0.717) is 28.5 Å². The van der Waals surface area contributed by atoms with Gasteiger partial charge in [-0.1, -0.05) is 23.7 Å². The summed E-state index contributed by atoms with van der Waals surface area (Å²) in [6.07, 6.45) is 3.93. The van der Waals surface area contributed by atoms with E-state index in [2.05, 4.69) is 26.2 Å². The Morgan fingerprint density at radius 3 is 2.67 bits per heavy atom. The van der Waals surface area contributed by atoms with Gasteiger partial charge in [0, 0.05) is 29.8 Å². The average molecular weight is 434 g/mol. The van der Waals surface area contributed by atoms with E-state index in [0.717, 1.165) is 26.4 Å². The van der Waals surface area contributed by atoms with Crippen molar-refractivity contribution >= 4 is 28.7 Å². The molecule has 0 saturated heterocycles. The Morgan fingerprint density at radius 2 is 2.00 bits per heavy atom. The van der Waals surface area contributed by atoms with Gasteiger partial charge in [-0.2, -0.15) is 10.4 Å². The molecule has 30 heavy (non-hydrogen) atoms. The minimum atomic E-state index is 0.0390. The molecule has 6 nitrogen and oxygen atoms in total. The van der Waals surface area contributed by atoms with Crippen molar-refractivity contribution in [2.45, 2.75) is 19.8 Å². The Kier molecular flexibility index (Phi) is 5.70. The lowest BCUT2D eigenvalue weighted by Gasteiger charge is -2.05. The third-order valence-electron chi connectivity index (χ3n) is 4.55. The number of H-pyrrole nitrogens is 1. The molecule has 0 aliphatic heterocycles. The number of aromatic nitrogens is 4. The molecular weight excluding hydrogens is 418 g/mol. The van der Waals surface area contributed by atoms with Crippen LogP contribution in [0.2, 0.25) is 5.02 Å². The number of halogens is 1.